The van der Waals surface area contributed by atoms with Gasteiger partial charge in [0.15, 0.2) is 0 Å². The summed E-state index contributed by atoms with van der Waals surface area (Å²) in [5.74, 6) is -4.42. The topological polar surface area (TPSA) is 40.5 Å². The number of hydrogen-bond acceptors (Lipinski definition) is 2. The molecule has 0 heterocycles. The SMILES string of the molecule is CN(C(=O)c1c(F)cc(F)cc1F)C1CCCCC1O. The molecule has 110 valence electrons. The Morgan fingerprint density at radius 2 is 1.75 bits per heavy atom. The van der Waals surface area contributed by atoms with Crippen LogP contribution in [0.4, 0.5) is 13.2 Å². The summed E-state index contributed by atoms with van der Waals surface area (Å²) in [4.78, 5) is 13.3. The molecule has 1 aliphatic rings. The fraction of sp³-hybridized carbons (Fsp3) is 0.500. The van der Waals surface area contributed by atoms with E-state index in [1.807, 2.05) is 0 Å². The standard InChI is InChI=1S/C14H16F3NO2/c1-18(11-4-2-3-5-12(11)19)14(20)13-9(16)6-8(15)7-10(13)17/h6-7,11-12,19H,2-5H2,1H3. The first-order valence-corrected chi connectivity index (χ1v) is 6.51. The van der Waals surface area contributed by atoms with Gasteiger partial charge in [-0.25, -0.2) is 13.2 Å². The average Bonchev–Trinajstić information content (AvgIpc) is 2.37. The summed E-state index contributed by atoms with van der Waals surface area (Å²) in [5.41, 5.74) is -0.785. The molecule has 2 rings (SSSR count). The zero-order valence-electron chi connectivity index (χ0n) is 11.1. The van der Waals surface area contributed by atoms with Crippen LogP contribution < -0.4 is 0 Å². The number of aliphatic hydroxyl groups excluding tert-OH is 1. The van der Waals surface area contributed by atoms with E-state index in [4.69, 9.17) is 0 Å². The molecule has 2 unspecified atom stereocenters. The third kappa shape index (κ3) is 2.80. The molecule has 2 atom stereocenters. The van der Waals surface area contributed by atoms with Crippen LogP contribution in [0.2, 0.25) is 0 Å². The lowest BCUT2D eigenvalue weighted by molar-refractivity contribution is 0.0262. The van der Waals surface area contributed by atoms with Gasteiger partial charge < -0.3 is 10.0 Å². The van der Waals surface area contributed by atoms with Crippen molar-refractivity contribution in [1.82, 2.24) is 4.90 Å². The lowest BCUT2D eigenvalue weighted by atomic mass is 9.91. The number of amides is 1. The highest BCUT2D eigenvalue weighted by Crippen LogP contribution is 2.25. The van der Waals surface area contributed by atoms with Crippen molar-refractivity contribution < 1.29 is 23.1 Å². The third-order valence-corrected chi connectivity index (χ3v) is 3.73. The van der Waals surface area contributed by atoms with Gasteiger partial charge in [-0.3, -0.25) is 4.79 Å². The van der Waals surface area contributed by atoms with Crippen LogP contribution in [-0.2, 0) is 0 Å². The lowest BCUT2D eigenvalue weighted by Crippen LogP contribution is -2.46. The molecule has 20 heavy (non-hydrogen) atoms. The summed E-state index contributed by atoms with van der Waals surface area (Å²) in [6, 6.07) is 0.475. The molecule has 1 amide bonds. The minimum Gasteiger partial charge on any atom is -0.391 e. The second kappa shape index (κ2) is 5.83. The maximum atomic E-state index is 13.6. The van der Waals surface area contributed by atoms with Crippen LogP contribution in [0, 0.1) is 17.5 Å². The van der Waals surface area contributed by atoms with Crippen LogP contribution in [0.5, 0.6) is 0 Å². The normalized spacial score (nSPS) is 22.6. The van der Waals surface area contributed by atoms with Gasteiger partial charge in [0, 0.05) is 19.2 Å². The first-order valence-electron chi connectivity index (χ1n) is 6.51. The number of halogens is 3. The van der Waals surface area contributed by atoms with E-state index in [1.54, 1.807) is 0 Å². The Morgan fingerprint density at radius 3 is 2.30 bits per heavy atom. The average molecular weight is 287 g/mol. The minimum absolute atomic E-state index is 0.472. The molecule has 1 fully saturated rings. The van der Waals surface area contributed by atoms with Gasteiger partial charge in [0.2, 0.25) is 0 Å². The van der Waals surface area contributed by atoms with Crippen molar-refractivity contribution in [1.29, 1.82) is 0 Å². The van der Waals surface area contributed by atoms with Crippen LogP contribution >= 0.6 is 0 Å². The van der Waals surface area contributed by atoms with E-state index < -0.39 is 41.1 Å². The molecule has 1 aromatic rings. The highest BCUT2D eigenvalue weighted by atomic mass is 19.1. The Hall–Kier alpha value is -1.56. The van der Waals surface area contributed by atoms with Crippen LogP contribution in [-0.4, -0.2) is 35.1 Å². The number of rotatable bonds is 2. The monoisotopic (exact) mass is 287 g/mol. The highest BCUT2D eigenvalue weighted by molar-refractivity contribution is 5.94. The zero-order chi connectivity index (χ0) is 14.9. The van der Waals surface area contributed by atoms with Gasteiger partial charge >= 0.3 is 0 Å². The second-order valence-electron chi connectivity index (χ2n) is 5.08. The van der Waals surface area contributed by atoms with Crippen molar-refractivity contribution >= 4 is 5.91 Å². The number of benzene rings is 1. The summed E-state index contributed by atoms with van der Waals surface area (Å²) < 4.78 is 40.0. The maximum absolute atomic E-state index is 13.6. The smallest absolute Gasteiger partial charge is 0.259 e. The number of carbonyl (C=O) groups excluding carboxylic acids is 1. The number of hydrogen-bond donors (Lipinski definition) is 1. The Bertz CT molecular complexity index is 498. The van der Waals surface area contributed by atoms with Crippen LogP contribution in [0.15, 0.2) is 12.1 Å². The van der Waals surface area contributed by atoms with Gasteiger partial charge in [-0.2, -0.15) is 0 Å². The Kier molecular flexibility index (Phi) is 4.32. The molecule has 0 aromatic heterocycles. The van der Waals surface area contributed by atoms with Crippen molar-refractivity contribution in [3.05, 3.63) is 35.1 Å². The quantitative estimate of drug-likeness (QED) is 0.908. The Morgan fingerprint density at radius 1 is 1.20 bits per heavy atom. The van der Waals surface area contributed by atoms with E-state index in [0.29, 0.717) is 25.0 Å². The van der Waals surface area contributed by atoms with E-state index in [-0.39, 0.29) is 0 Å². The number of likely N-dealkylation sites (N-methyl/N-ethyl adjacent to an activating group) is 1. The van der Waals surface area contributed by atoms with Crippen molar-refractivity contribution in [3.8, 4) is 0 Å². The van der Waals surface area contributed by atoms with Gasteiger partial charge in [-0.15, -0.1) is 0 Å². The molecular weight excluding hydrogens is 271 g/mol. The Labute approximate surface area is 115 Å². The van der Waals surface area contributed by atoms with Gasteiger partial charge in [-0.1, -0.05) is 12.8 Å². The summed E-state index contributed by atoms with van der Waals surface area (Å²) in [5, 5.41) is 9.88. The number of aliphatic hydroxyl groups is 1. The Balaban J connectivity index is 2.27. The first kappa shape index (κ1) is 14.8. The highest BCUT2D eigenvalue weighted by Gasteiger charge is 2.32. The van der Waals surface area contributed by atoms with E-state index >= 15 is 0 Å². The van der Waals surface area contributed by atoms with Gasteiger partial charge in [0.1, 0.15) is 23.0 Å². The van der Waals surface area contributed by atoms with Crippen molar-refractivity contribution in [2.45, 2.75) is 37.8 Å². The minimum atomic E-state index is -1.23. The summed E-state index contributed by atoms with van der Waals surface area (Å²) in [7, 11) is 1.39. The van der Waals surface area contributed by atoms with E-state index in [1.165, 1.54) is 7.05 Å². The summed E-state index contributed by atoms with van der Waals surface area (Å²) in [6.07, 6.45) is 2.13. The van der Waals surface area contributed by atoms with Crippen molar-refractivity contribution in [2.75, 3.05) is 7.05 Å². The van der Waals surface area contributed by atoms with E-state index in [2.05, 4.69) is 0 Å². The predicted octanol–water partition coefficient (Wildman–Crippen LogP) is 2.48. The van der Waals surface area contributed by atoms with Gasteiger partial charge in [0.05, 0.1) is 12.1 Å². The first-order chi connectivity index (χ1) is 9.41. The van der Waals surface area contributed by atoms with Gasteiger partial charge in [0.25, 0.3) is 5.91 Å². The maximum Gasteiger partial charge on any atom is 0.259 e. The molecule has 0 spiro atoms. The largest absolute Gasteiger partial charge is 0.391 e. The van der Waals surface area contributed by atoms with Crippen LogP contribution in [0.1, 0.15) is 36.0 Å². The zero-order valence-corrected chi connectivity index (χ0v) is 11.1. The van der Waals surface area contributed by atoms with Crippen molar-refractivity contribution in [2.24, 2.45) is 0 Å². The summed E-state index contributed by atoms with van der Waals surface area (Å²) >= 11 is 0. The molecule has 1 aliphatic carbocycles. The van der Waals surface area contributed by atoms with Crippen LogP contribution in [0.3, 0.4) is 0 Å². The molecular formula is C14H16F3NO2. The molecule has 1 aromatic carbocycles. The molecule has 1 saturated carbocycles. The number of nitrogens with zero attached hydrogens (tertiary/aromatic N) is 1. The van der Waals surface area contributed by atoms with Crippen molar-refractivity contribution in [3.63, 3.8) is 0 Å². The molecule has 1 N–H and O–H groups in total. The summed E-state index contributed by atoms with van der Waals surface area (Å²) in [6.45, 7) is 0. The molecule has 0 bridgehead atoms. The van der Waals surface area contributed by atoms with Crippen LogP contribution in [0.25, 0.3) is 0 Å². The predicted molar refractivity (Wildman–Crippen MR) is 66.7 cm³/mol. The third-order valence-electron chi connectivity index (χ3n) is 3.73. The fourth-order valence-electron chi connectivity index (χ4n) is 2.62. The van der Waals surface area contributed by atoms with E-state index in [0.717, 1.165) is 17.7 Å². The molecule has 0 radical (unpaired) electrons. The number of carbonyl (C=O) groups is 1. The lowest BCUT2D eigenvalue weighted by Gasteiger charge is -2.35. The molecule has 6 heteroatoms. The molecule has 0 saturated heterocycles. The van der Waals surface area contributed by atoms with E-state index in [9.17, 15) is 23.1 Å². The second-order valence-corrected chi connectivity index (χ2v) is 5.08. The van der Waals surface area contributed by atoms with Gasteiger partial charge in [-0.05, 0) is 12.8 Å². The molecule has 3 nitrogen and oxygen atoms in total. The fourth-order valence-corrected chi connectivity index (χ4v) is 2.62. The molecule has 0 aliphatic heterocycles.